The molecule has 2 aromatic carbocycles. The fraction of sp³-hybridized carbons (Fsp3) is 0.273. The molecule has 0 radical (unpaired) electrons. The van der Waals surface area contributed by atoms with Gasteiger partial charge in [0.05, 0.1) is 22.3 Å². The number of aromatic nitrogens is 1. The second kappa shape index (κ2) is 9.44. The number of likely N-dealkylation sites (N-methyl/N-ethyl adjacent to an activating group) is 1. The average molecular weight is 480 g/mol. The van der Waals surface area contributed by atoms with E-state index in [1.54, 1.807) is 18.1 Å². The van der Waals surface area contributed by atoms with E-state index in [1.807, 2.05) is 56.3 Å². The highest BCUT2D eigenvalue weighted by molar-refractivity contribution is 7.23. The van der Waals surface area contributed by atoms with Crippen molar-refractivity contribution in [2.75, 3.05) is 39.2 Å². The zero-order chi connectivity index (χ0) is 21.4. The largest absolute Gasteiger partial charge is 0.493 e. The molecule has 0 atom stereocenters. The number of hydrogen-bond acceptors (Lipinski definition) is 6. The lowest BCUT2D eigenvalue weighted by atomic mass is 10.2. The van der Waals surface area contributed by atoms with Gasteiger partial charge in [0.1, 0.15) is 0 Å². The number of fused-ring (bicyclic) bond motifs is 2. The van der Waals surface area contributed by atoms with Gasteiger partial charge in [-0.25, -0.2) is 4.98 Å². The Morgan fingerprint density at radius 2 is 2.00 bits per heavy atom. The number of benzene rings is 2. The topological polar surface area (TPSA) is 58.8 Å². The van der Waals surface area contributed by atoms with E-state index in [1.165, 1.54) is 11.3 Å². The van der Waals surface area contributed by atoms with Crippen LogP contribution in [0, 0.1) is 6.92 Å². The molecule has 0 saturated carbocycles. The van der Waals surface area contributed by atoms with Gasteiger partial charge in [-0.15, -0.1) is 12.4 Å². The zero-order valence-electron chi connectivity index (χ0n) is 17.6. The van der Waals surface area contributed by atoms with E-state index in [9.17, 15) is 4.79 Å². The number of aryl methyl sites for hydroxylation is 1. The van der Waals surface area contributed by atoms with Gasteiger partial charge in [0.15, 0.2) is 22.2 Å². The van der Waals surface area contributed by atoms with Gasteiger partial charge in [0.2, 0.25) is 0 Å². The van der Waals surface area contributed by atoms with Crippen LogP contribution in [-0.4, -0.2) is 50.1 Å². The number of anilines is 1. The van der Waals surface area contributed by atoms with E-state index < -0.39 is 0 Å². The van der Waals surface area contributed by atoms with Crippen LogP contribution in [0.1, 0.15) is 16.1 Å². The lowest BCUT2D eigenvalue weighted by Crippen LogP contribution is -2.36. The van der Waals surface area contributed by atoms with E-state index in [4.69, 9.17) is 25.7 Å². The predicted octanol–water partition coefficient (Wildman–Crippen LogP) is 5.64. The fourth-order valence-corrected chi connectivity index (χ4v) is 4.57. The summed E-state index contributed by atoms with van der Waals surface area (Å²) in [5, 5.41) is 2.04. The fourth-order valence-electron chi connectivity index (χ4n) is 3.23. The number of nitrogens with zero attached hydrogens (tertiary/aromatic N) is 3. The Bertz CT molecular complexity index is 1200. The molecule has 0 aliphatic carbocycles. The van der Waals surface area contributed by atoms with Gasteiger partial charge in [-0.2, -0.15) is 0 Å². The van der Waals surface area contributed by atoms with Crippen molar-refractivity contribution in [2.24, 2.45) is 0 Å². The third kappa shape index (κ3) is 4.50. The first-order valence-corrected chi connectivity index (χ1v) is 10.7. The first kappa shape index (κ1) is 23.3. The minimum atomic E-state index is -0.247. The summed E-state index contributed by atoms with van der Waals surface area (Å²) in [5.41, 5.74) is 2.39. The van der Waals surface area contributed by atoms with Gasteiger partial charge < -0.3 is 14.1 Å². The van der Waals surface area contributed by atoms with Crippen molar-refractivity contribution >= 4 is 67.6 Å². The molecule has 6 nitrogen and oxygen atoms in total. The van der Waals surface area contributed by atoms with Crippen molar-refractivity contribution in [3.63, 3.8) is 0 Å². The molecule has 0 N–H and O–H groups in total. The summed E-state index contributed by atoms with van der Waals surface area (Å²) in [5.74, 6) is 0.590. The predicted molar refractivity (Wildman–Crippen MR) is 130 cm³/mol. The van der Waals surface area contributed by atoms with Gasteiger partial charge in [-0.05, 0) is 44.8 Å². The number of rotatable bonds is 6. The molecular formula is C22H23Cl2N3O3S. The van der Waals surface area contributed by atoms with Crippen molar-refractivity contribution in [1.82, 2.24) is 9.88 Å². The number of methoxy groups -OCH3 is 1. The minimum Gasteiger partial charge on any atom is -0.493 e. The monoisotopic (exact) mass is 479 g/mol. The number of ether oxygens (including phenoxy) is 1. The Labute approximate surface area is 195 Å². The van der Waals surface area contributed by atoms with Crippen LogP contribution in [0.15, 0.2) is 40.8 Å². The molecule has 2 aromatic heterocycles. The Hall–Kier alpha value is -2.32. The number of thiazole rings is 1. The van der Waals surface area contributed by atoms with Crippen molar-refractivity contribution < 1.29 is 13.9 Å². The summed E-state index contributed by atoms with van der Waals surface area (Å²) in [4.78, 5) is 21.9. The molecule has 0 bridgehead atoms. The Morgan fingerprint density at radius 1 is 1.23 bits per heavy atom. The second-order valence-corrected chi connectivity index (χ2v) is 8.67. The first-order chi connectivity index (χ1) is 14.4. The maximum Gasteiger partial charge on any atom is 0.295 e. The molecule has 164 valence electrons. The van der Waals surface area contributed by atoms with Gasteiger partial charge in [-0.1, -0.05) is 41.1 Å². The summed E-state index contributed by atoms with van der Waals surface area (Å²) in [6.07, 6.45) is 0. The SMILES string of the molecule is COc1cccc2cc(C(=O)N(CCN(C)C)c3nc4c(C)ccc(Cl)c4s3)oc12.Cl. The van der Waals surface area contributed by atoms with Crippen LogP contribution in [0.4, 0.5) is 5.13 Å². The van der Waals surface area contributed by atoms with E-state index in [0.717, 1.165) is 21.2 Å². The summed E-state index contributed by atoms with van der Waals surface area (Å²) < 4.78 is 12.1. The summed E-state index contributed by atoms with van der Waals surface area (Å²) in [7, 11) is 5.51. The van der Waals surface area contributed by atoms with Crippen LogP contribution >= 0.6 is 35.3 Å². The lowest BCUT2D eigenvalue weighted by molar-refractivity contribution is 0.0960. The van der Waals surface area contributed by atoms with Crippen LogP contribution in [-0.2, 0) is 0 Å². The highest BCUT2D eigenvalue weighted by atomic mass is 35.5. The van der Waals surface area contributed by atoms with E-state index in [0.29, 0.717) is 34.6 Å². The van der Waals surface area contributed by atoms with Crippen molar-refractivity contribution in [1.29, 1.82) is 0 Å². The second-order valence-electron chi connectivity index (χ2n) is 7.29. The molecule has 2 heterocycles. The number of furan rings is 1. The highest BCUT2D eigenvalue weighted by Gasteiger charge is 2.26. The molecule has 0 spiro atoms. The van der Waals surface area contributed by atoms with Crippen molar-refractivity contribution in [3.8, 4) is 5.75 Å². The van der Waals surface area contributed by atoms with E-state index in [-0.39, 0.29) is 24.1 Å². The maximum absolute atomic E-state index is 13.5. The molecule has 1 amide bonds. The number of carbonyl (C=O) groups is 1. The molecular weight excluding hydrogens is 457 g/mol. The number of carbonyl (C=O) groups excluding carboxylic acids is 1. The summed E-state index contributed by atoms with van der Waals surface area (Å²) in [6, 6.07) is 11.1. The normalized spacial score (nSPS) is 11.2. The van der Waals surface area contributed by atoms with E-state index >= 15 is 0 Å². The van der Waals surface area contributed by atoms with Gasteiger partial charge >= 0.3 is 0 Å². The van der Waals surface area contributed by atoms with Crippen LogP contribution in [0.2, 0.25) is 5.02 Å². The molecule has 0 unspecified atom stereocenters. The molecule has 31 heavy (non-hydrogen) atoms. The number of hydrogen-bond donors (Lipinski definition) is 0. The van der Waals surface area contributed by atoms with Crippen molar-refractivity contribution in [2.45, 2.75) is 6.92 Å². The number of amides is 1. The molecule has 9 heteroatoms. The lowest BCUT2D eigenvalue weighted by Gasteiger charge is -2.20. The zero-order valence-corrected chi connectivity index (χ0v) is 20.0. The third-order valence-corrected chi connectivity index (χ3v) is 6.41. The van der Waals surface area contributed by atoms with Crippen molar-refractivity contribution in [3.05, 3.63) is 52.7 Å². The maximum atomic E-state index is 13.5. The molecule has 0 aliphatic heterocycles. The molecule has 0 saturated heterocycles. The Morgan fingerprint density at radius 3 is 2.68 bits per heavy atom. The first-order valence-electron chi connectivity index (χ1n) is 9.48. The van der Waals surface area contributed by atoms with Crippen LogP contribution in [0.5, 0.6) is 5.75 Å². The molecule has 0 aliphatic rings. The minimum absolute atomic E-state index is 0. The van der Waals surface area contributed by atoms with Crippen LogP contribution in [0.25, 0.3) is 21.2 Å². The third-order valence-electron chi connectivity index (χ3n) is 4.87. The summed E-state index contributed by atoms with van der Waals surface area (Å²) in [6.45, 7) is 3.13. The average Bonchev–Trinajstić information content (AvgIpc) is 3.36. The Balaban J connectivity index is 0.00000272. The highest BCUT2D eigenvalue weighted by Crippen LogP contribution is 2.36. The Kier molecular flexibility index (Phi) is 7.11. The van der Waals surface area contributed by atoms with Gasteiger partial charge in [0.25, 0.3) is 5.91 Å². The smallest absolute Gasteiger partial charge is 0.295 e. The van der Waals surface area contributed by atoms with E-state index in [2.05, 4.69) is 0 Å². The van der Waals surface area contributed by atoms with Gasteiger partial charge in [-0.3, -0.25) is 9.69 Å². The van der Waals surface area contributed by atoms with Gasteiger partial charge in [0, 0.05) is 18.5 Å². The molecule has 4 aromatic rings. The number of halogens is 2. The standard InChI is InChI=1S/C22H22ClN3O3S.ClH/c1-13-8-9-15(23)20-18(13)24-22(30-20)26(11-10-25(2)3)21(27)17-12-14-6-5-7-16(28-4)19(14)29-17;/h5-9,12H,10-11H2,1-4H3;1H. The number of para-hydroxylation sites is 1. The molecule has 0 fully saturated rings. The molecule has 4 rings (SSSR count). The quantitative estimate of drug-likeness (QED) is 0.357. The van der Waals surface area contributed by atoms with Crippen LogP contribution in [0.3, 0.4) is 0 Å². The summed E-state index contributed by atoms with van der Waals surface area (Å²) >= 11 is 7.80. The van der Waals surface area contributed by atoms with Crippen LogP contribution < -0.4 is 9.64 Å².